The third-order valence-corrected chi connectivity index (χ3v) is 7.70. The van der Waals surface area contributed by atoms with Gasteiger partial charge in [-0.05, 0) is 50.8 Å². The van der Waals surface area contributed by atoms with E-state index in [1.165, 1.54) is 0 Å². The van der Waals surface area contributed by atoms with Gasteiger partial charge >= 0.3 is 0 Å². The van der Waals surface area contributed by atoms with E-state index in [1.807, 2.05) is 6.07 Å². The summed E-state index contributed by atoms with van der Waals surface area (Å²) in [6.45, 7) is 9.13. The van der Waals surface area contributed by atoms with Crippen molar-refractivity contribution in [2.75, 3.05) is 31.1 Å². The summed E-state index contributed by atoms with van der Waals surface area (Å²) in [7, 11) is -2.97. The number of sulfone groups is 1. The average molecular weight is 412 g/mol. The molecule has 2 aliphatic rings. The molecule has 0 atom stereocenters. The Morgan fingerprint density at radius 1 is 1.18 bits per heavy atom. The lowest BCUT2D eigenvalue weighted by molar-refractivity contribution is -0.0137. The lowest BCUT2D eigenvalue weighted by Crippen LogP contribution is -2.50. The molecule has 2 fully saturated rings. The van der Waals surface area contributed by atoms with E-state index in [2.05, 4.69) is 30.8 Å². The molecular weight excluding hydrogens is 378 g/mol. The molecule has 8 heteroatoms. The van der Waals surface area contributed by atoms with Crippen LogP contribution in [-0.2, 0) is 21.8 Å². The quantitative estimate of drug-likeness (QED) is 0.800. The largest absolute Gasteiger partial charge is 0.388 e. The van der Waals surface area contributed by atoms with Gasteiger partial charge in [0.15, 0.2) is 9.84 Å². The predicted molar refractivity (Wildman–Crippen MR) is 109 cm³/mol. The zero-order chi connectivity index (χ0) is 20.6. The van der Waals surface area contributed by atoms with Crippen LogP contribution in [0.3, 0.4) is 0 Å². The van der Waals surface area contributed by atoms with E-state index in [1.54, 1.807) is 10.7 Å². The minimum absolute atomic E-state index is 0.0619. The standard InChI is InChI=1S/C20H33N3O4S/c1-19(2,3)17-4-5-18(24)23(21-17)14-16-6-10-22(11-7-16)15-20(25)8-12-28(26,27)13-9-20/h4-5,16,25H,6-15H2,1-3H3. The smallest absolute Gasteiger partial charge is 0.266 e. The molecule has 7 nitrogen and oxygen atoms in total. The number of hydrogen-bond acceptors (Lipinski definition) is 6. The number of likely N-dealkylation sites (tertiary alicyclic amines) is 1. The van der Waals surface area contributed by atoms with Crippen molar-refractivity contribution in [1.29, 1.82) is 0 Å². The molecule has 0 bridgehead atoms. The summed E-state index contributed by atoms with van der Waals surface area (Å²) in [6, 6.07) is 3.42. The van der Waals surface area contributed by atoms with E-state index >= 15 is 0 Å². The van der Waals surface area contributed by atoms with Gasteiger partial charge in [-0.25, -0.2) is 13.1 Å². The van der Waals surface area contributed by atoms with Crippen molar-refractivity contribution in [2.24, 2.45) is 5.92 Å². The fraction of sp³-hybridized carbons (Fsp3) is 0.800. The normalized spacial score (nSPS) is 23.6. The number of β-amino-alcohol motifs (C(OH)–C–C–N with tert-alkyl or cyclic N) is 1. The first-order valence-corrected chi connectivity index (χ1v) is 12.0. The van der Waals surface area contributed by atoms with Crippen LogP contribution in [0.2, 0.25) is 0 Å². The van der Waals surface area contributed by atoms with Crippen LogP contribution >= 0.6 is 0 Å². The summed E-state index contributed by atoms with van der Waals surface area (Å²) in [4.78, 5) is 14.4. The van der Waals surface area contributed by atoms with Crippen LogP contribution in [0.15, 0.2) is 16.9 Å². The van der Waals surface area contributed by atoms with E-state index in [-0.39, 0.29) is 22.5 Å². The first-order chi connectivity index (χ1) is 13.0. The summed E-state index contributed by atoms with van der Waals surface area (Å²) in [6.07, 6.45) is 2.55. The molecule has 1 aromatic heterocycles. The topological polar surface area (TPSA) is 92.5 Å². The minimum Gasteiger partial charge on any atom is -0.388 e. The molecule has 0 aliphatic carbocycles. The Morgan fingerprint density at radius 2 is 1.79 bits per heavy atom. The predicted octanol–water partition coefficient (Wildman–Crippen LogP) is 1.19. The Bertz CT molecular complexity index is 835. The Labute approximate surface area is 167 Å². The molecule has 2 aliphatic heterocycles. The average Bonchev–Trinajstić information content (AvgIpc) is 2.61. The molecular formula is C20H33N3O4S. The van der Waals surface area contributed by atoms with Crippen LogP contribution in [-0.4, -0.2) is 64.9 Å². The third kappa shape index (κ3) is 5.42. The second-order valence-electron chi connectivity index (χ2n) is 9.58. The molecule has 0 unspecified atom stereocenters. The van der Waals surface area contributed by atoms with Crippen molar-refractivity contribution in [3.63, 3.8) is 0 Å². The van der Waals surface area contributed by atoms with E-state index in [9.17, 15) is 18.3 Å². The van der Waals surface area contributed by atoms with Gasteiger partial charge in [0.1, 0.15) is 0 Å². The Balaban J connectivity index is 1.54. The molecule has 158 valence electrons. The van der Waals surface area contributed by atoms with Crippen molar-refractivity contribution in [1.82, 2.24) is 14.7 Å². The van der Waals surface area contributed by atoms with Gasteiger partial charge in [0.2, 0.25) is 0 Å². The highest BCUT2D eigenvalue weighted by molar-refractivity contribution is 7.91. The molecule has 1 N–H and O–H groups in total. The van der Waals surface area contributed by atoms with Gasteiger partial charge in [0, 0.05) is 24.6 Å². The van der Waals surface area contributed by atoms with Gasteiger partial charge in [-0.2, -0.15) is 5.10 Å². The maximum atomic E-state index is 12.2. The summed E-state index contributed by atoms with van der Waals surface area (Å²) in [5.74, 6) is 0.551. The lowest BCUT2D eigenvalue weighted by atomic mass is 9.91. The molecule has 0 amide bonds. The van der Waals surface area contributed by atoms with E-state index in [4.69, 9.17) is 0 Å². The monoisotopic (exact) mass is 411 g/mol. The van der Waals surface area contributed by atoms with Crippen molar-refractivity contribution in [2.45, 2.75) is 64.0 Å². The lowest BCUT2D eigenvalue weighted by Gasteiger charge is -2.39. The Morgan fingerprint density at radius 3 is 2.36 bits per heavy atom. The highest BCUT2D eigenvalue weighted by atomic mass is 32.2. The summed E-state index contributed by atoms with van der Waals surface area (Å²) < 4.78 is 24.8. The van der Waals surface area contributed by atoms with Gasteiger partial charge in [-0.1, -0.05) is 20.8 Å². The van der Waals surface area contributed by atoms with Crippen LogP contribution in [0.5, 0.6) is 0 Å². The fourth-order valence-corrected chi connectivity index (χ4v) is 5.63. The van der Waals surface area contributed by atoms with Gasteiger partial charge < -0.3 is 10.0 Å². The number of rotatable bonds is 4. The molecule has 0 aromatic carbocycles. The number of hydrogen-bond donors (Lipinski definition) is 1. The SMILES string of the molecule is CC(C)(C)c1ccc(=O)n(CC2CCN(CC3(O)CCS(=O)(=O)CC3)CC2)n1. The van der Waals surface area contributed by atoms with Crippen LogP contribution in [0.25, 0.3) is 0 Å². The molecule has 3 rings (SSSR count). The second-order valence-corrected chi connectivity index (χ2v) is 11.9. The Kier molecular flexibility index (Phi) is 6.04. The summed E-state index contributed by atoms with van der Waals surface area (Å²) >= 11 is 0. The van der Waals surface area contributed by atoms with Crippen molar-refractivity contribution >= 4 is 9.84 Å². The van der Waals surface area contributed by atoms with E-state index in [0.29, 0.717) is 31.8 Å². The van der Waals surface area contributed by atoms with Crippen molar-refractivity contribution in [3.05, 3.63) is 28.2 Å². The maximum absolute atomic E-state index is 12.2. The molecule has 28 heavy (non-hydrogen) atoms. The number of piperidine rings is 1. The third-order valence-electron chi connectivity index (χ3n) is 6.05. The number of aromatic nitrogens is 2. The summed E-state index contributed by atoms with van der Waals surface area (Å²) in [5.41, 5.74) is -0.133. The van der Waals surface area contributed by atoms with Gasteiger partial charge in [-0.15, -0.1) is 0 Å². The zero-order valence-electron chi connectivity index (χ0n) is 17.2. The first kappa shape index (κ1) is 21.5. The number of aliphatic hydroxyl groups is 1. The van der Waals surface area contributed by atoms with E-state index < -0.39 is 15.4 Å². The highest BCUT2D eigenvalue weighted by Crippen LogP contribution is 2.27. The minimum atomic E-state index is -2.97. The van der Waals surface area contributed by atoms with Crippen LogP contribution in [0.1, 0.15) is 52.1 Å². The fourth-order valence-electron chi connectivity index (χ4n) is 4.04. The zero-order valence-corrected chi connectivity index (χ0v) is 18.0. The van der Waals surface area contributed by atoms with Crippen molar-refractivity contribution in [3.8, 4) is 0 Å². The molecule has 3 heterocycles. The van der Waals surface area contributed by atoms with Gasteiger partial charge in [0.05, 0.1) is 22.8 Å². The first-order valence-electron chi connectivity index (χ1n) is 10.2. The molecule has 0 radical (unpaired) electrons. The van der Waals surface area contributed by atoms with Crippen molar-refractivity contribution < 1.29 is 13.5 Å². The molecule has 2 saturated heterocycles. The summed E-state index contributed by atoms with van der Waals surface area (Å²) in [5, 5.41) is 15.3. The Hall–Kier alpha value is -1.25. The molecule has 0 saturated carbocycles. The molecule has 0 spiro atoms. The van der Waals surface area contributed by atoms with E-state index in [0.717, 1.165) is 31.6 Å². The highest BCUT2D eigenvalue weighted by Gasteiger charge is 2.37. The second kappa shape index (κ2) is 7.88. The number of nitrogens with zero attached hydrogens (tertiary/aromatic N) is 3. The van der Waals surface area contributed by atoms with Gasteiger partial charge in [-0.3, -0.25) is 4.79 Å². The van der Waals surface area contributed by atoms with Crippen LogP contribution < -0.4 is 5.56 Å². The van der Waals surface area contributed by atoms with Crippen LogP contribution in [0.4, 0.5) is 0 Å². The van der Waals surface area contributed by atoms with Gasteiger partial charge in [0.25, 0.3) is 5.56 Å². The molecule has 1 aromatic rings. The maximum Gasteiger partial charge on any atom is 0.266 e. The van der Waals surface area contributed by atoms with Crippen LogP contribution in [0, 0.1) is 5.92 Å².